The molecule has 1 aliphatic rings. The van der Waals surface area contributed by atoms with E-state index in [0.29, 0.717) is 18.8 Å². The third kappa shape index (κ3) is 2.56. The van der Waals surface area contributed by atoms with Crippen LogP contribution >= 0.6 is 0 Å². The van der Waals surface area contributed by atoms with Crippen molar-refractivity contribution in [3.8, 4) is 6.07 Å². The molecule has 1 fully saturated rings. The average Bonchev–Trinajstić information content (AvgIpc) is 2.87. The van der Waals surface area contributed by atoms with Crippen molar-refractivity contribution in [1.82, 2.24) is 14.9 Å². The Morgan fingerprint density at radius 1 is 1.61 bits per heavy atom. The van der Waals surface area contributed by atoms with Crippen LogP contribution in [0.25, 0.3) is 0 Å². The molecule has 0 aromatic carbocycles. The monoisotopic (exact) mass is 245 g/mol. The lowest BCUT2D eigenvalue weighted by Gasteiger charge is -2.16. The first-order valence-corrected chi connectivity index (χ1v) is 6.00. The van der Waals surface area contributed by atoms with Crippen LogP contribution in [0.2, 0.25) is 0 Å². The molecule has 2 rings (SSSR count). The Kier molecular flexibility index (Phi) is 3.72. The summed E-state index contributed by atoms with van der Waals surface area (Å²) in [5, 5.41) is 12.1. The average molecular weight is 245 g/mol. The number of hydrogen-bond acceptors (Lipinski definition) is 5. The largest absolute Gasteiger partial charge is 0.363 e. The summed E-state index contributed by atoms with van der Waals surface area (Å²) in [4.78, 5) is 21.4. The molecule has 1 unspecified atom stereocenters. The van der Waals surface area contributed by atoms with Crippen molar-refractivity contribution in [2.75, 3.05) is 18.4 Å². The zero-order valence-electron chi connectivity index (χ0n) is 10.3. The normalized spacial score (nSPS) is 18.4. The number of likely N-dealkylation sites (tertiary alicyclic amines) is 1. The molecule has 94 valence electrons. The summed E-state index contributed by atoms with van der Waals surface area (Å²) in [7, 11) is 0. The van der Waals surface area contributed by atoms with Crippen molar-refractivity contribution in [2.24, 2.45) is 0 Å². The molecule has 0 spiro atoms. The smallest absolute Gasteiger partial charge is 0.222 e. The van der Waals surface area contributed by atoms with E-state index in [9.17, 15) is 4.79 Å². The molecule has 18 heavy (non-hydrogen) atoms. The molecule has 1 amide bonds. The second kappa shape index (κ2) is 5.45. The van der Waals surface area contributed by atoms with E-state index in [2.05, 4.69) is 15.3 Å². The van der Waals surface area contributed by atoms with E-state index in [0.717, 1.165) is 13.0 Å². The van der Waals surface area contributed by atoms with Gasteiger partial charge >= 0.3 is 0 Å². The third-order valence-electron chi connectivity index (χ3n) is 2.99. The fraction of sp³-hybridized carbons (Fsp3) is 0.500. The maximum absolute atomic E-state index is 11.6. The number of amides is 1. The minimum Gasteiger partial charge on any atom is -0.363 e. The number of carbonyl (C=O) groups excluding carboxylic acids is 1. The molecule has 0 bridgehead atoms. The first kappa shape index (κ1) is 12.3. The van der Waals surface area contributed by atoms with Crippen LogP contribution < -0.4 is 5.32 Å². The van der Waals surface area contributed by atoms with Crippen molar-refractivity contribution in [3.05, 3.63) is 18.1 Å². The van der Waals surface area contributed by atoms with Gasteiger partial charge in [0, 0.05) is 37.9 Å². The van der Waals surface area contributed by atoms with Crippen LogP contribution in [0.5, 0.6) is 0 Å². The highest BCUT2D eigenvalue weighted by Gasteiger charge is 2.25. The molecule has 0 aliphatic carbocycles. The predicted octanol–water partition coefficient (Wildman–Crippen LogP) is 0.771. The van der Waals surface area contributed by atoms with E-state index < -0.39 is 0 Å². The van der Waals surface area contributed by atoms with Gasteiger partial charge in [-0.25, -0.2) is 9.97 Å². The summed E-state index contributed by atoms with van der Waals surface area (Å²) in [5.41, 5.74) is 0.290. The minimum absolute atomic E-state index is 0.143. The minimum atomic E-state index is 0.143. The second-order valence-electron chi connectivity index (χ2n) is 4.19. The number of nitrogens with zero attached hydrogens (tertiary/aromatic N) is 4. The van der Waals surface area contributed by atoms with Crippen LogP contribution in [0, 0.1) is 11.3 Å². The molecule has 1 saturated heterocycles. The fourth-order valence-electron chi connectivity index (χ4n) is 2.05. The maximum Gasteiger partial charge on any atom is 0.222 e. The van der Waals surface area contributed by atoms with E-state index in [4.69, 9.17) is 5.26 Å². The van der Waals surface area contributed by atoms with Crippen LogP contribution in [0.15, 0.2) is 12.4 Å². The van der Waals surface area contributed by atoms with Gasteiger partial charge in [-0.1, -0.05) is 6.92 Å². The fourth-order valence-corrected chi connectivity index (χ4v) is 2.05. The molecule has 6 nitrogen and oxygen atoms in total. The highest BCUT2D eigenvalue weighted by Crippen LogP contribution is 2.16. The van der Waals surface area contributed by atoms with E-state index in [-0.39, 0.29) is 17.6 Å². The van der Waals surface area contributed by atoms with Gasteiger partial charge in [0.05, 0.1) is 0 Å². The molecule has 0 saturated carbocycles. The Balaban J connectivity index is 2.00. The van der Waals surface area contributed by atoms with Crippen LogP contribution in [0.4, 0.5) is 5.82 Å². The predicted molar refractivity (Wildman–Crippen MR) is 65.6 cm³/mol. The quantitative estimate of drug-likeness (QED) is 0.850. The summed E-state index contributed by atoms with van der Waals surface area (Å²) >= 11 is 0. The Morgan fingerprint density at radius 2 is 2.39 bits per heavy atom. The van der Waals surface area contributed by atoms with E-state index in [1.807, 2.05) is 17.9 Å². The van der Waals surface area contributed by atoms with Crippen molar-refractivity contribution < 1.29 is 4.79 Å². The molecule has 1 atom stereocenters. The third-order valence-corrected chi connectivity index (χ3v) is 2.99. The van der Waals surface area contributed by atoms with Gasteiger partial charge in [0.2, 0.25) is 5.91 Å². The number of nitriles is 1. The van der Waals surface area contributed by atoms with Crippen molar-refractivity contribution >= 4 is 11.7 Å². The van der Waals surface area contributed by atoms with Crippen molar-refractivity contribution in [1.29, 1.82) is 5.26 Å². The van der Waals surface area contributed by atoms with Crippen molar-refractivity contribution in [2.45, 2.75) is 25.8 Å². The van der Waals surface area contributed by atoms with Gasteiger partial charge in [-0.3, -0.25) is 4.79 Å². The van der Waals surface area contributed by atoms with Crippen LogP contribution in [-0.4, -0.2) is 39.9 Å². The van der Waals surface area contributed by atoms with E-state index >= 15 is 0 Å². The highest BCUT2D eigenvalue weighted by atomic mass is 16.2. The van der Waals surface area contributed by atoms with E-state index in [1.165, 1.54) is 6.20 Å². The molecule has 1 aromatic rings. The molecule has 0 radical (unpaired) electrons. The van der Waals surface area contributed by atoms with Crippen LogP contribution in [0.3, 0.4) is 0 Å². The molecule has 2 heterocycles. The molecular weight excluding hydrogens is 230 g/mol. The zero-order chi connectivity index (χ0) is 13.0. The number of nitrogens with one attached hydrogen (secondary N) is 1. The van der Waals surface area contributed by atoms with Crippen LogP contribution in [-0.2, 0) is 4.79 Å². The first-order chi connectivity index (χ1) is 8.74. The van der Waals surface area contributed by atoms with Gasteiger partial charge in [-0.15, -0.1) is 0 Å². The Labute approximate surface area is 106 Å². The lowest BCUT2D eigenvalue weighted by Crippen LogP contribution is -2.31. The van der Waals surface area contributed by atoms with Gasteiger partial charge in [0.1, 0.15) is 6.07 Å². The van der Waals surface area contributed by atoms with Gasteiger partial charge < -0.3 is 10.2 Å². The topological polar surface area (TPSA) is 81.9 Å². The van der Waals surface area contributed by atoms with Gasteiger partial charge in [0.25, 0.3) is 0 Å². The van der Waals surface area contributed by atoms with Crippen molar-refractivity contribution in [3.63, 3.8) is 0 Å². The molecule has 1 N–H and O–H groups in total. The van der Waals surface area contributed by atoms with Gasteiger partial charge in [-0.2, -0.15) is 5.26 Å². The van der Waals surface area contributed by atoms with Gasteiger partial charge in [-0.05, 0) is 6.42 Å². The zero-order valence-corrected chi connectivity index (χ0v) is 10.3. The van der Waals surface area contributed by atoms with Gasteiger partial charge in [0.15, 0.2) is 11.5 Å². The maximum atomic E-state index is 11.6. The number of anilines is 1. The van der Waals surface area contributed by atoms with Crippen LogP contribution in [0.1, 0.15) is 25.5 Å². The molecule has 6 heteroatoms. The summed E-state index contributed by atoms with van der Waals surface area (Å²) < 4.78 is 0. The summed E-state index contributed by atoms with van der Waals surface area (Å²) in [6.45, 7) is 3.28. The van der Waals surface area contributed by atoms with E-state index in [1.54, 1.807) is 6.20 Å². The summed E-state index contributed by atoms with van der Waals surface area (Å²) in [6.07, 6.45) is 4.44. The molecule has 1 aliphatic heterocycles. The lowest BCUT2D eigenvalue weighted by molar-refractivity contribution is -0.129. The lowest BCUT2D eigenvalue weighted by atomic mass is 10.2. The highest BCUT2D eigenvalue weighted by molar-refractivity contribution is 5.76. The SMILES string of the molecule is CCC(=O)N1CCC(Nc2nccnc2C#N)C1. The number of rotatable bonds is 3. The Hall–Kier alpha value is -2.16. The standard InChI is InChI=1S/C12H15N5O/c1-2-11(18)17-6-3-9(8-17)16-12-10(7-13)14-4-5-15-12/h4-5,9H,2-3,6,8H2,1H3,(H,15,16). The summed E-state index contributed by atoms with van der Waals surface area (Å²) in [6, 6.07) is 2.14. The second-order valence-corrected chi connectivity index (χ2v) is 4.19. The Bertz CT molecular complexity index is 482. The summed E-state index contributed by atoms with van der Waals surface area (Å²) in [5.74, 6) is 0.662. The molecular formula is C12H15N5O. The number of hydrogen-bond donors (Lipinski definition) is 1. The molecule has 1 aromatic heterocycles. The number of aromatic nitrogens is 2. The first-order valence-electron chi connectivity index (χ1n) is 6.00. The number of carbonyl (C=O) groups is 1. The Morgan fingerprint density at radius 3 is 3.11 bits per heavy atom.